The Bertz CT molecular complexity index is 224. The Kier molecular flexibility index (Phi) is 6.55. The number of hydrogen-bond acceptors (Lipinski definition) is 0. The van der Waals surface area contributed by atoms with Crippen molar-refractivity contribution in [1.29, 1.82) is 0 Å². The van der Waals surface area contributed by atoms with E-state index in [2.05, 4.69) is 0 Å². The fraction of sp³-hybridized carbons (Fsp3) is 1.00. The molecular formula is C5H2Cl10. The van der Waals surface area contributed by atoms with Gasteiger partial charge in [-0.25, -0.2) is 0 Å². The van der Waals surface area contributed by atoms with Gasteiger partial charge in [0.15, 0.2) is 13.0 Å². The predicted molar refractivity (Wildman–Crippen MR) is 74.3 cm³/mol. The van der Waals surface area contributed by atoms with Gasteiger partial charge in [0.25, 0.3) is 0 Å². The highest BCUT2D eigenvalue weighted by Crippen LogP contribution is 2.62. The maximum atomic E-state index is 5.80. The van der Waals surface area contributed by atoms with Gasteiger partial charge in [-0.15, -0.1) is 11.6 Å². The third-order valence-corrected chi connectivity index (χ3v) is 7.44. The lowest BCUT2D eigenvalue weighted by molar-refractivity contribution is 0.615. The van der Waals surface area contributed by atoms with Gasteiger partial charge >= 0.3 is 0 Å². The van der Waals surface area contributed by atoms with Crippen LogP contribution in [0.4, 0.5) is 0 Å². The van der Waals surface area contributed by atoms with Crippen LogP contribution in [0.3, 0.4) is 0 Å². The number of halogens is 10. The van der Waals surface area contributed by atoms with Crippen LogP contribution in [0.2, 0.25) is 0 Å². The summed E-state index contributed by atoms with van der Waals surface area (Å²) >= 11 is 56.5. The van der Waals surface area contributed by atoms with Crippen LogP contribution in [-0.2, 0) is 0 Å². The molecule has 0 unspecified atom stereocenters. The van der Waals surface area contributed by atoms with Crippen molar-refractivity contribution in [3.63, 3.8) is 0 Å². The van der Waals surface area contributed by atoms with E-state index in [1.165, 1.54) is 0 Å². The van der Waals surface area contributed by atoms with Gasteiger partial charge in [-0.05, 0) is 0 Å². The van der Waals surface area contributed by atoms with Crippen molar-refractivity contribution in [2.24, 2.45) is 0 Å². The molecule has 0 N–H and O–H groups in total. The molecule has 0 aliphatic carbocycles. The van der Waals surface area contributed by atoms with Crippen LogP contribution in [0.5, 0.6) is 0 Å². The molecule has 0 saturated heterocycles. The van der Waals surface area contributed by atoms with E-state index >= 15 is 0 Å². The zero-order valence-electron chi connectivity index (χ0n) is 6.49. The van der Waals surface area contributed by atoms with Gasteiger partial charge in [0.2, 0.25) is 3.79 Å². The van der Waals surface area contributed by atoms with Crippen molar-refractivity contribution in [3.05, 3.63) is 0 Å². The Morgan fingerprint density at radius 3 is 1.13 bits per heavy atom. The Morgan fingerprint density at radius 1 is 0.600 bits per heavy atom. The van der Waals surface area contributed by atoms with Gasteiger partial charge in [0.05, 0.1) is 5.88 Å². The van der Waals surface area contributed by atoms with Gasteiger partial charge in [0.1, 0.15) is 0 Å². The summed E-state index contributed by atoms with van der Waals surface area (Å²) in [6.45, 7) is 0. The van der Waals surface area contributed by atoms with Crippen molar-refractivity contribution < 1.29 is 0 Å². The minimum atomic E-state index is -2.26. The SMILES string of the molecule is ClCC(Cl)(Cl)C(Cl)(Cl)C(Cl)(Cl)C(Cl)(Cl)Cl. The molecular weight excluding hydrogens is 415 g/mol. The molecule has 0 aromatic carbocycles. The average molecular weight is 417 g/mol. The molecule has 0 rings (SSSR count). The van der Waals surface area contributed by atoms with E-state index in [0.29, 0.717) is 0 Å². The van der Waals surface area contributed by atoms with Crippen LogP contribution in [0.1, 0.15) is 0 Å². The van der Waals surface area contributed by atoms with Crippen LogP contribution < -0.4 is 0 Å². The summed E-state index contributed by atoms with van der Waals surface area (Å²) in [5.41, 5.74) is 0. The van der Waals surface area contributed by atoms with E-state index in [-0.39, 0.29) is 5.88 Å². The lowest BCUT2D eigenvalue weighted by Crippen LogP contribution is -2.56. The zero-order chi connectivity index (χ0) is 12.7. The molecule has 0 heterocycles. The Balaban J connectivity index is 5.38. The molecule has 0 aliphatic rings. The summed E-state index contributed by atoms with van der Waals surface area (Å²) in [5, 5.41) is 0. The second-order valence-corrected chi connectivity index (χ2v) is 9.17. The van der Waals surface area contributed by atoms with Crippen molar-refractivity contribution in [1.82, 2.24) is 0 Å². The minimum Gasteiger partial charge on any atom is -0.123 e. The Labute approximate surface area is 137 Å². The topological polar surface area (TPSA) is 0 Å². The van der Waals surface area contributed by atoms with Gasteiger partial charge in [0, 0.05) is 0 Å². The second-order valence-electron chi connectivity index (χ2n) is 2.48. The largest absolute Gasteiger partial charge is 0.226 e. The second kappa shape index (κ2) is 5.49. The van der Waals surface area contributed by atoms with E-state index in [9.17, 15) is 0 Å². The highest BCUT2D eigenvalue weighted by atomic mass is 35.6. The van der Waals surface area contributed by atoms with E-state index in [1.54, 1.807) is 0 Å². The van der Waals surface area contributed by atoms with Crippen LogP contribution in [-0.4, -0.2) is 22.7 Å². The first kappa shape index (κ1) is 17.9. The summed E-state index contributed by atoms with van der Waals surface area (Å²) in [6.07, 6.45) is 0. The molecule has 0 saturated carbocycles. The van der Waals surface area contributed by atoms with Crippen molar-refractivity contribution >= 4 is 116 Å². The highest BCUT2D eigenvalue weighted by molar-refractivity contribution is 6.80. The molecule has 0 aliphatic heterocycles. The Morgan fingerprint density at radius 2 is 0.933 bits per heavy atom. The molecule has 92 valence electrons. The number of hydrogen-bond donors (Lipinski definition) is 0. The van der Waals surface area contributed by atoms with Crippen LogP contribution in [0, 0.1) is 0 Å². The van der Waals surface area contributed by atoms with Gasteiger partial charge < -0.3 is 0 Å². The van der Waals surface area contributed by atoms with Gasteiger partial charge in [-0.2, -0.15) is 0 Å². The smallest absolute Gasteiger partial charge is 0.123 e. The predicted octanol–water partition coefficient (Wildman–Crippen LogP) is 6.12. The summed E-state index contributed by atoms with van der Waals surface area (Å²) in [7, 11) is 0. The molecule has 0 amide bonds. The summed E-state index contributed by atoms with van der Waals surface area (Å²) < 4.78 is -8.56. The molecule has 15 heavy (non-hydrogen) atoms. The maximum Gasteiger partial charge on any atom is 0.226 e. The van der Waals surface area contributed by atoms with Crippen LogP contribution in [0.25, 0.3) is 0 Å². The van der Waals surface area contributed by atoms with Crippen molar-refractivity contribution in [2.45, 2.75) is 16.8 Å². The van der Waals surface area contributed by atoms with E-state index < -0.39 is 16.8 Å². The molecule has 0 aromatic rings. The molecule has 0 fully saturated rings. The van der Waals surface area contributed by atoms with Gasteiger partial charge in [-0.3, -0.25) is 0 Å². The number of alkyl halides is 10. The third-order valence-electron chi connectivity index (χ3n) is 1.38. The lowest BCUT2D eigenvalue weighted by atomic mass is 10.2. The summed E-state index contributed by atoms with van der Waals surface area (Å²) in [6, 6.07) is 0. The van der Waals surface area contributed by atoms with E-state index in [0.717, 1.165) is 0 Å². The fourth-order valence-electron chi connectivity index (χ4n) is 0.492. The van der Waals surface area contributed by atoms with Gasteiger partial charge in [-0.1, -0.05) is 104 Å². The normalized spacial score (nSPS) is 15.6. The average Bonchev–Trinajstić information content (AvgIpc) is 2.01. The summed E-state index contributed by atoms with van der Waals surface area (Å²) in [5.74, 6) is -0.370. The molecule has 0 atom stereocenters. The van der Waals surface area contributed by atoms with E-state index in [1.807, 2.05) is 0 Å². The fourth-order valence-corrected chi connectivity index (χ4v) is 2.76. The monoisotopic (exact) mass is 412 g/mol. The van der Waals surface area contributed by atoms with Crippen LogP contribution in [0.15, 0.2) is 0 Å². The first-order valence-corrected chi connectivity index (χ1v) is 7.01. The first-order chi connectivity index (χ1) is 6.31. The molecule has 0 nitrogen and oxygen atoms in total. The molecule has 0 aromatic heterocycles. The minimum absolute atomic E-state index is 0.370. The zero-order valence-corrected chi connectivity index (χ0v) is 14.0. The maximum absolute atomic E-state index is 5.80. The Hall–Kier alpha value is 2.90. The number of rotatable bonds is 3. The van der Waals surface area contributed by atoms with Crippen LogP contribution >= 0.6 is 116 Å². The lowest BCUT2D eigenvalue weighted by Gasteiger charge is -2.43. The third kappa shape index (κ3) is 3.47. The van der Waals surface area contributed by atoms with Crippen molar-refractivity contribution in [3.8, 4) is 0 Å². The molecule has 0 bridgehead atoms. The quantitative estimate of drug-likeness (QED) is 0.487. The first-order valence-electron chi connectivity index (χ1n) is 3.07. The van der Waals surface area contributed by atoms with Crippen molar-refractivity contribution in [2.75, 3.05) is 5.88 Å². The summed E-state index contributed by atoms with van der Waals surface area (Å²) in [4.78, 5) is 0. The molecule has 10 heteroatoms. The molecule has 0 spiro atoms. The molecule has 0 radical (unpaired) electrons. The van der Waals surface area contributed by atoms with E-state index in [4.69, 9.17) is 116 Å². The highest BCUT2D eigenvalue weighted by Gasteiger charge is 2.67. The standard InChI is InChI=1S/C5H2Cl10/c6-1-2(7,8)3(9,10)4(11,12)5(13,14)15/h1H2.